The number of nitrogen functional groups attached to an aromatic ring is 1. The van der Waals surface area contributed by atoms with Crippen LogP contribution in [0.3, 0.4) is 0 Å². The molecule has 0 saturated heterocycles. The predicted octanol–water partition coefficient (Wildman–Crippen LogP) is 3.77. The Morgan fingerprint density at radius 2 is 1.93 bits per heavy atom. The Labute approximate surface area is 155 Å². The summed E-state index contributed by atoms with van der Waals surface area (Å²) in [7, 11) is 0. The maximum atomic E-state index is 13.2. The van der Waals surface area contributed by atoms with Crippen LogP contribution in [0.1, 0.15) is 11.3 Å². The van der Waals surface area contributed by atoms with Crippen LogP contribution in [0.4, 0.5) is 15.8 Å². The molecule has 0 spiro atoms. The van der Waals surface area contributed by atoms with E-state index in [2.05, 4.69) is 4.98 Å². The summed E-state index contributed by atoms with van der Waals surface area (Å²) in [4.78, 5) is 18.8. The van der Waals surface area contributed by atoms with Gasteiger partial charge < -0.3 is 10.5 Å². The number of pyridine rings is 1. The average Bonchev–Trinajstić information content (AvgIpc) is 2.67. The van der Waals surface area contributed by atoms with Crippen LogP contribution in [-0.4, -0.2) is 10.9 Å². The van der Waals surface area contributed by atoms with Gasteiger partial charge in [-0.15, -0.1) is 0 Å². The molecule has 2 aromatic carbocycles. The molecule has 0 atom stereocenters. The van der Waals surface area contributed by atoms with Gasteiger partial charge in [-0.25, -0.2) is 4.39 Å². The van der Waals surface area contributed by atoms with Crippen molar-refractivity contribution >= 4 is 23.4 Å². The Balaban J connectivity index is 1.75. The maximum absolute atomic E-state index is 13.2. The van der Waals surface area contributed by atoms with E-state index in [0.29, 0.717) is 22.8 Å². The Bertz CT molecular complexity index is 1020. The summed E-state index contributed by atoms with van der Waals surface area (Å²) in [5, 5.41) is 0. The van der Waals surface area contributed by atoms with Crippen molar-refractivity contribution in [3.8, 4) is 5.75 Å². The monoisotopic (exact) mass is 361 g/mol. The topological polar surface area (TPSA) is 68.5 Å². The molecule has 1 aliphatic heterocycles. The van der Waals surface area contributed by atoms with Gasteiger partial charge in [-0.1, -0.05) is 18.2 Å². The normalized spacial score (nSPS) is 14.8. The van der Waals surface area contributed by atoms with E-state index in [-0.39, 0.29) is 24.0 Å². The molecule has 4 rings (SSSR count). The number of carbonyl (C=O) groups is 1. The molecule has 1 aliphatic rings. The summed E-state index contributed by atoms with van der Waals surface area (Å²) in [5.74, 6) is 0.00557. The summed E-state index contributed by atoms with van der Waals surface area (Å²) in [6.07, 6.45) is 3.23. The number of rotatable bonds is 3. The number of anilines is 2. The molecule has 6 heteroatoms. The number of hydrogen-bond acceptors (Lipinski definition) is 4. The molecule has 3 aromatic rings. The molecule has 0 fully saturated rings. The van der Waals surface area contributed by atoms with Gasteiger partial charge in [0.05, 0.1) is 17.9 Å². The number of nitrogens with zero attached hydrogens (tertiary/aromatic N) is 2. The van der Waals surface area contributed by atoms with E-state index in [1.165, 1.54) is 12.1 Å². The Morgan fingerprint density at radius 3 is 2.67 bits per heavy atom. The number of fused-ring (bicyclic) bond motifs is 1. The highest BCUT2D eigenvalue weighted by molar-refractivity contribution is 6.09. The number of nitrogens with two attached hydrogens (primary N) is 1. The number of carbonyl (C=O) groups excluding carboxylic acids is 1. The molecular formula is C21H16FN3O2. The fourth-order valence-corrected chi connectivity index (χ4v) is 2.86. The van der Waals surface area contributed by atoms with Crippen molar-refractivity contribution in [1.82, 2.24) is 4.98 Å². The average molecular weight is 361 g/mol. The summed E-state index contributed by atoms with van der Waals surface area (Å²) in [5.41, 5.74) is 8.41. The largest absolute Gasteiger partial charge is 0.449 e. The van der Waals surface area contributed by atoms with E-state index in [9.17, 15) is 9.18 Å². The minimum absolute atomic E-state index is 0.147. The lowest BCUT2D eigenvalue weighted by molar-refractivity contribution is -0.117. The van der Waals surface area contributed by atoms with Gasteiger partial charge >= 0.3 is 0 Å². The first-order chi connectivity index (χ1) is 13.1. The quantitative estimate of drug-likeness (QED) is 0.570. The van der Waals surface area contributed by atoms with Gasteiger partial charge in [0.1, 0.15) is 5.82 Å². The van der Waals surface area contributed by atoms with E-state index in [1.807, 2.05) is 6.07 Å². The standard InChI is InChI=1S/C21H16FN3O2/c22-15-6-4-14(5-7-15)13-25-18-9-8-16(23)11-19(18)27-20(21(25)26)12-17-3-1-2-10-24-17/h1-12H,13,23H2/b20-12+. The van der Waals surface area contributed by atoms with Crippen molar-refractivity contribution in [2.45, 2.75) is 6.54 Å². The van der Waals surface area contributed by atoms with E-state index < -0.39 is 0 Å². The molecule has 0 aliphatic carbocycles. The zero-order valence-electron chi connectivity index (χ0n) is 14.3. The maximum Gasteiger partial charge on any atom is 0.294 e. The van der Waals surface area contributed by atoms with Crippen molar-refractivity contribution in [2.24, 2.45) is 0 Å². The number of aromatic nitrogens is 1. The van der Waals surface area contributed by atoms with Gasteiger partial charge in [-0.3, -0.25) is 14.7 Å². The van der Waals surface area contributed by atoms with Crippen LogP contribution in [-0.2, 0) is 11.3 Å². The molecule has 1 aromatic heterocycles. The van der Waals surface area contributed by atoms with Gasteiger partial charge in [-0.2, -0.15) is 0 Å². The van der Waals surface area contributed by atoms with Crippen LogP contribution in [0.5, 0.6) is 5.75 Å². The minimum atomic E-state index is -0.323. The van der Waals surface area contributed by atoms with Crippen LogP contribution in [0.25, 0.3) is 6.08 Å². The summed E-state index contributed by atoms with van der Waals surface area (Å²) in [6, 6.07) is 16.6. The van der Waals surface area contributed by atoms with E-state index in [0.717, 1.165) is 5.56 Å². The highest BCUT2D eigenvalue weighted by atomic mass is 19.1. The number of benzene rings is 2. The van der Waals surface area contributed by atoms with Gasteiger partial charge in [0, 0.05) is 24.0 Å². The fourth-order valence-electron chi connectivity index (χ4n) is 2.86. The molecule has 0 radical (unpaired) electrons. The first-order valence-corrected chi connectivity index (χ1v) is 8.36. The van der Waals surface area contributed by atoms with Crippen molar-refractivity contribution in [3.63, 3.8) is 0 Å². The molecule has 27 heavy (non-hydrogen) atoms. The Kier molecular flexibility index (Phi) is 4.30. The molecule has 134 valence electrons. The minimum Gasteiger partial charge on any atom is -0.449 e. The number of hydrogen-bond donors (Lipinski definition) is 1. The molecule has 5 nitrogen and oxygen atoms in total. The second-order valence-electron chi connectivity index (χ2n) is 6.11. The highest BCUT2D eigenvalue weighted by Gasteiger charge is 2.30. The molecule has 0 bridgehead atoms. The third-order valence-corrected chi connectivity index (χ3v) is 4.17. The zero-order chi connectivity index (χ0) is 18.8. The predicted molar refractivity (Wildman–Crippen MR) is 101 cm³/mol. The first kappa shape index (κ1) is 16.8. The summed E-state index contributed by atoms with van der Waals surface area (Å²) >= 11 is 0. The van der Waals surface area contributed by atoms with Gasteiger partial charge in [0.25, 0.3) is 5.91 Å². The first-order valence-electron chi connectivity index (χ1n) is 8.36. The molecule has 0 saturated carbocycles. The smallest absolute Gasteiger partial charge is 0.294 e. The number of halogens is 1. The van der Waals surface area contributed by atoms with Crippen LogP contribution in [0.2, 0.25) is 0 Å². The zero-order valence-corrected chi connectivity index (χ0v) is 14.3. The number of ether oxygens (including phenoxy) is 1. The van der Waals surface area contributed by atoms with Crippen molar-refractivity contribution in [3.05, 3.63) is 89.7 Å². The van der Waals surface area contributed by atoms with Crippen LogP contribution < -0.4 is 15.4 Å². The van der Waals surface area contributed by atoms with Crippen LogP contribution in [0.15, 0.2) is 72.6 Å². The lowest BCUT2D eigenvalue weighted by Gasteiger charge is -2.30. The molecule has 2 heterocycles. The second-order valence-corrected chi connectivity index (χ2v) is 6.11. The summed E-state index contributed by atoms with van der Waals surface area (Å²) < 4.78 is 19.0. The Hall–Kier alpha value is -3.67. The lowest BCUT2D eigenvalue weighted by atomic mass is 10.1. The Morgan fingerprint density at radius 1 is 1.11 bits per heavy atom. The summed E-state index contributed by atoms with van der Waals surface area (Å²) in [6.45, 7) is 0.277. The van der Waals surface area contributed by atoms with Crippen molar-refractivity contribution < 1.29 is 13.9 Å². The third-order valence-electron chi connectivity index (χ3n) is 4.17. The fraction of sp³-hybridized carbons (Fsp3) is 0.0476. The van der Waals surface area contributed by atoms with E-state index in [4.69, 9.17) is 10.5 Å². The SMILES string of the molecule is Nc1ccc2c(c1)O/C(=C/c1ccccn1)C(=O)N2Cc1ccc(F)cc1. The van der Waals surface area contributed by atoms with Crippen LogP contribution in [0, 0.1) is 5.82 Å². The van der Waals surface area contributed by atoms with Gasteiger partial charge in [-0.05, 0) is 42.0 Å². The molecule has 2 N–H and O–H groups in total. The van der Waals surface area contributed by atoms with E-state index in [1.54, 1.807) is 59.6 Å². The second kappa shape index (κ2) is 6.92. The highest BCUT2D eigenvalue weighted by Crippen LogP contribution is 2.38. The van der Waals surface area contributed by atoms with Gasteiger partial charge in [0.15, 0.2) is 11.5 Å². The van der Waals surface area contributed by atoms with Crippen molar-refractivity contribution in [2.75, 3.05) is 10.6 Å². The van der Waals surface area contributed by atoms with Gasteiger partial charge in [0.2, 0.25) is 0 Å². The van der Waals surface area contributed by atoms with E-state index >= 15 is 0 Å². The van der Waals surface area contributed by atoms with Crippen molar-refractivity contribution in [1.29, 1.82) is 0 Å². The molecule has 0 unspecified atom stereocenters. The molecular weight excluding hydrogens is 345 g/mol. The van der Waals surface area contributed by atoms with Crippen LogP contribution >= 0.6 is 0 Å². The lowest BCUT2D eigenvalue weighted by Crippen LogP contribution is -2.36. The number of amides is 1. The third kappa shape index (κ3) is 3.50. The molecule has 1 amide bonds.